The molecule has 1 aromatic heterocycles. The van der Waals surface area contributed by atoms with Crippen molar-refractivity contribution in [2.45, 2.75) is 18.9 Å². The summed E-state index contributed by atoms with van der Waals surface area (Å²) in [4.78, 5) is 18.4. The minimum atomic E-state index is -3.01. The van der Waals surface area contributed by atoms with Gasteiger partial charge in [-0.2, -0.15) is 0 Å². The van der Waals surface area contributed by atoms with Gasteiger partial charge in [0, 0.05) is 31.4 Å². The maximum absolute atomic E-state index is 12.5. The quantitative estimate of drug-likeness (QED) is 0.850. The second kappa shape index (κ2) is 6.73. The average molecular weight is 344 g/mol. The molecule has 0 radical (unpaired) electrons. The predicted molar refractivity (Wildman–Crippen MR) is 92.6 cm³/mol. The molecule has 0 saturated carbocycles. The summed E-state index contributed by atoms with van der Waals surface area (Å²) in [5, 5.41) is 0. The highest BCUT2D eigenvalue weighted by Gasteiger charge is 2.33. The van der Waals surface area contributed by atoms with Crippen LogP contribution in [0.4, 0.5) is 0 Å². The highest BCUT2D eigenvalue weighted by Crippen LogP contribution is 2.18. The molecule has 1 saturated heterocycles. The van der Waals surface area contributed by atoms with Crippen molar-refractivity contribution >= 4 is 15.7 Å². The lowest BCUT2D eigenvalue weighted by atomic mass is 10.1. The normalized spacial score (nSPS) is 19.1. The SMILES string of the molecule is CN(C(=O)c1ccc(Cc2ccccc2)nc1)C1CCS(=O)(=O)C1. The van der Waals surface area contributed by atoms with E-state index in [0.29, 0.717) is 18.4 Å². The second-order valence-electron chi connectivity index (χ2n) is 6.17. The van der Waals surface area contributed by atoms with Crippen molar-refractivity contribution in [3.8, 4) is 0 Å². The Hall–Kier alpha value is -2.21. The van der Waals surface area contributed by atoms with Gasteiger partial charge in [0.1, 0.15) is 0 Å². The number of carbonyl (C=O) groups is 1. The number of aromatic nitrogens is 1. The van der Waals surface area contributed by atoms with E-state index >= 15 is 0 Å². The number of pyridine rings is 1. The molecule has 3 rings (SSSR count). The molecule has 1 aliphatic rings. The van der Waals surface area contributed by atoms with Crippen LogP contribution >= 0.6 is 0 Å². The summed E-state index contributed by atoms with van der Waals surface area (Å²) in [6.45, 7) is 0. The number of hydrogen-bond donors (Lipinski definition) is 0. The molecule has 1 amide bonds. The molecule has 1 atom stereocenters. The summed E-state index contributed by atoms with van der Waals surface area (Å²) in [6.07, 6.45) is 2.79. The zero-order chi connectivity index (χ0) is 17.2. The maximum Gasteiger partial charge on any atom is 0.255 e. The van der Waals surface area contributed by atoms with Gasteiger partial charge in [0.15, 0.2) is 9.84 Å². The van der Waals surface area contributed by atoms with Crippen LogP contribution in [0.5, 0.6) is 0 Å². The lowest BCUT2D eigenvalue weighted by Crippen LogP contribution is -2.37. The summed E-state index contributed by atoms with van der Waals surface area (Å²) < 4.78 is 23.1. The van der Waals surface area contributed by atoms with Crippen LogP contribution in [-0.2, 0) is 16.3 Å². The van der Waals surface area contributed by atoms with Crippen LogP contribution in [0.25, 0.3) is 0 Å². The average Bonchev–Trinajstić information content (AvgIpc) is 2.95. The highest BCUT2D eigenvalue weighted by molar-refractivity contribution is 7.91. The van der Waals surface area contributed by atoms with E-state index in [1.54, 1.807) is 19.3 Å². The second-order valence-corrected chi connectivity index (χ2v) is 8.40. The van der Waals surface area contributed by atoms with E-state index < -0.39 is 9.84 Å². The van der Waals surface area contributed by atoms with Crippen molar-refractivity contribution in [1.82, 2.24) is 9.88 Å². The first-order valence-corrected chi connectivity index (χ1v) is 9.73. The van der Waals surface area contributed by atoms with E-state index in [0.717, 1.165) is 11.3 Å². The number of benzene rings is 1. The molecule has 0 bridgehead atoms. The summed E-state index contributed by atoms with van der Waals surface area (Å²) in [5.74, 6) is 0.0223. The highest BCUT2D eigenvalue weighted by atomic mass is 32.2. The minimum absolute atomic E-state index is 0.0504. The van der Waals surface area contributed by atoms with Gasteiger partial charge in [0.25, 0.3) is 5.91 Å². The lowest BCUT2D eigenvalue weighted by Gasteiger charge is -2.23. The van der Waals surface area contributed by atoms with Gasteiger partial charge < -0.3 is 4.90 Å². The van der Waals surface area contributed by atoms with Crippen LogP contribution in [0.15, 0.2) is 48.7 Å². The van der Waals surface area contributed by atoms with Gasteiger partial charge in [0.05, 0.1) is 17.1 Å². The Morgan fingerprint density at radius 2 is 1.96 bits per heavy atom. The Morgan fingerprint density at radius 3 is 2.54 bits per heavy atom. The number of nitrogens with zero attached hydrogens (tertiary/aromatic N) is 2. The molecule has 2 aromatic rings. The molecule has 126 valence electrons. The topological polar surface area (TPSA) is 67.3 Å². The van der Waals surface area contributed by atoms with Gasteiger partial charge in [-0.15, -0.1) is 0 Å². The smallest absolute Gasteiger partial charge is 0.255 e. The van der Waals surface area contributed by atoms with Crippen LogP contribution in [0, 0.1) is 0 Å². The molecule has 0 aliphatic carbocycles. The van der Waals surface area contributed by atoms with Crippen LogP contribution < -0.4 is 0 Å². The van der Waals surface area contributed by atoms with E-state index in [-0.39, 0.29) is 23.5 Å². The maximum atomic E-state index is 12.5. The monoisotopic (exact) mass is 344 g/mol. The molecule has 1 fully saturated rings. The fraction of sp³-hybridized carbons (Fsp3) is 0.333. The van der Waals surface area contributed by atoms with Crippen LogP contribution in [0.3, 0.4) is 0 Å². The fourth-order valence-corrected chi connectivity index (χ4v) is 4.69. The summed E-state index contributed by atoms with van der Waals surface area (Å²) >= 11 is 0. The van der Waals surface area contributed by atoms with Gasteiger partial charge in [-0.25, -0.2) is 8.42 Å². The molecule has 24 heavy (non-hydrogen) atoms. The van der Waals surface area contributed by atoms with E-state index in [2.05, 4.69) is 4.98 Å². The molecule has 1 aliphatic heterocycles. The van der Waals surface area contributed by atoms with Gasteiger partial charge >= 0.3 is 0 Å². The standard InChI is InChI=1S/C18H20N2O3S/c1-20(17-9-10-24(22,23)13-17)18(21)15-7-8-16(19-12-15)11-14-5-3-2-4-6-14/h2-8,12,17H,9-11,13H2,1H3. The molecule has 1 unspecified atom stereocenters. The largest absolute Gasteiger partial charge is 0.338 e. The number of rotatable bonds is 4. The first kappa shape index (κ1) is 16.6. The van der Waals surface area contributed by atoms with Crippen molar-refractivity contribution in [2.24, 2.45) is 0 Å². The molecule has 1 aromatic carbocycles. The molecule has 2 heterocycles. The van der Waals surface area contributed by atoms with Crippen LogP contribution in [0.2, 0.25) is 0 Å². The van der Waals surface area contributed by atoms with Crippen molar-refractivity contribution in [3.63, 3.8) is 0 Å². The fourth-order valence-electron chi connectivity index (χ4n) is 2.91. The minimum Gasteiger partial charge on any atom is -0.338 e. The van der Waals surface area contributed by atoms with E-state index in [9.17, 15) is 13.2 Å². The first-order chi connectivity index (χ1) is 11.4. The first-order valence-electron chi connectivity index (χ1n) is 7.91. The Bertz CT molecular complexity index is 817. The molecule has 0 N–H and O–H groups in total. The van der Waals surface area contributed by atoms with Gasteiger partial charge in [-0.05, 0) is 24.1 Å². The van der Waals surface area contributed by atoms with Gasteiger partial charge in [0.2, 0.25) is 0 Å². The van der Waals surface area contributed by atoms with Crippen molar-refractivity contribution in [1.29, 1.82) is 0 Å². The Kier molecular flexibility index (Phi) is 4.66. The summed E-state index contributed by atoms with van der Waals surface area (Å²) in [6, 6.07) is 13.4. The number of sulfone groups is 1. The zero-order valence-corrected chi connectivity index (χ0v) is 14.4. The number of carbonyl (C=O) groups excluding carboxylic acids is 1. The van der Waals surface area contributed by atoms with Crippen molar-refractivity contribution in [3.05, 3.63) is 65.5 Å². The summed E-state index contributed by atoms with van der Waals surface area (Å²) in [7, 11) is -1.35. The van der Waals surface area contributed by atoms with E-state index in [1.165, 1.54) is 4.90 Å². The lowest BCUT2D eigenvalue weighted by molar-refractivity contribution is 0.0747. The van der Waals surface area contributed by atoms with E-state index in [4.69, 9.17) is 0 Å². The number of amides is 1. The third-order valence-corrected chi connectivity index (χ3v) is 6.13. The summed E-state index contributed by atoms with van der Waals surface area (Å²) in [5.41, 5.74) is 2.54. The molecular weight excluding hydrogens is 324 g/mol. The Balaban J connectivity index is 1.67. The third-order valence-electron chi connectivity index (χ3n) is 4.38. The predicted octanol–water partition coefficient (Wildman–Crippen LogP) is 1.93. The van der Waals surface area contributed by atoms with E-state index in [1.807, 2.05) is 36.4 Å². The molecule has 6 heteroatoms. The van der Waals surface area contributed by atoms with Gasteiger partial charge in [-0.1, -0.05) is 30.3 Å². The van der Waals surface area contributed by atoms with Crippen LogP contribution in [0.1, 0.15) is 28.0 Å². The zero-order valence-electron chi connectivity index (χ0n) is 13.6. The molecule has 5 nitrogen and oxygen atoms in total. The molecule has 0 spiro atoms. The molecular formula is C18H20N2O3S. The third kappa shape index (κ3) is 3.82. The number of hydrogen-bond acceptors (Lipinski definition) is 4. The van der Waals surface area contributed by atoms with Crippen LogP contribution in [-0.4, -0.2) is 48.8 Å². The van der Waals surface area contributed by atoms with Crippen molar-refractivity contribution < 1.29 is 13.2 Å². The van der Waals surface area contributed by atoms with Crippen molar-refractivity contribution in [2.75, 3.05) is 18.6 Å². The Labute approximate surface area is 142 Å². The van der Waals surface area contributed by atoms with Gasteiger partial charge in [-0.3, -0.25) is 9.78 Å². The Morgan fingerprint density at radius 1 is 1.21 bits per heavy atom.